The van der Waals surface area contributed by atoms with E-state index in [1.165, 1.54) is 38.5 Å². The van der Waals surface area contributed by atoms with Crippen molar-refractivity contribution < 1.29 is 0 Å². The van der Waals surface area contributed by atoms with Gasteiger partial charge < -0.3 is 5.32 Å². The molecule has 1 heteroatoms. The first-order valence-corrected chi connectivity index (χ1v) is 7.48. The third-order valence-electron chi connectivity index (χ3n) is 5.65. The van der Waals surface area contributed by atoms with Crippen molar-refractivity contribution in [2.45, 2.75) is 70.9 Å². The fourth-order valence-electron chi connectivity index (χ4n) is 4.69. The zero-order chi connectivity index (χ0) is 11.1. The maximum Gasteiger partial charge on any atom is 0.00956 e. The smallest absolute Gasteiger partial charge is 0.00956 e. The summed E-state index contributed by atoms with van der Waals surface area (Å²) in [5, 5.41) is 4.00. The summed E-state index contributed by atoms with van der Waals surface area (Å²) in [7, 11) is 0. The first-order valence-electron chi connectivity index (χ1n) is 7.48. The van der Waals surface area contributed by atoms with Gasteiger partial charge in [0.05, 0.1) is 0 Å². The normalized spacial score (nSPS) is 52.9. The fourth-order valence-corrected chi connectivity index (χ4v) is 4.69. The lowest BCUT2D eigenvalue weighted by Gasteiger charge is -2.45. The Kier molecular flexibility index (Phi) is 2.99. The van der Waals surface area contributed by atoms with Crippen LogP contribution in [0.4, 0.5) is 0 Å². The van der Waals surface area contributed by atoms with Crippen molar-refractivity contribution in [3.63, 3.8) is 0 Å². The highest BCUT2D eigenvalue weighted by Crippen LogP contribution is 2.41. The van der Waals surface area contributed by atoms with Gasteiger partial charge in [0.15, 0.2) is 0 Å². The number of hydrogen-bond acceptors (Lipinski definition) is 1. The summed E-state index contributed by atoms with van der Waals surface area (Å²) in [5.74, 6) is 3.95. The van der Waals surface area contributed by atoms with Gasteiger partial charge in [-0.25, -0.2) is 0 Å². The average Bonchev–Trinajstić information content (AvgIpc) is 2.27. The Hall–Kier alpha value is -0.0400. The SMILES string of the molecule is CC1CC2CCC1NC1CCC(C2)CC1C. The molecule has 6 unspecified atom stereocenters. The minimum Gasteiger partial charge on any atom is -0.311 e. The molecule has 6 fully saturated rings. The molecule has 1 N–H and O–H groups in total. The summed E-state index contributed by atoms with van der Waals surface area (Å²) in [6, 6.07) is 1.66. The van der Waals surface area contributed by atoms with Crippen LogP contribution in [0.1, 0.15) is 58.8 Å². The van der Waals surface area contributed by atoms with E-state index < -0.39 is 0 Å². The predicted molar refractivity (Wildman–Crippen MR) is 68.3 cm³/mol. The second-order valence-electron chi connectivity index (χ2n) is 6.93. The van der Waals surface area contributed by atoms with E-state index in [9.17, 15) is 0 Å². The third-order valence-corrected chi connectivity index (χ3v) is 5.65. The van der Waals surface area contributed by atoms with Gasteiger partial charge in [-0.1, -0.05) is 13.8 Å². The highest BCUT2D eigenvalue weighted by molar-refractivity contribution is 4.92. The van der Waals surface area contributed by atoms with Gasteiger partial charge in [-0.15, -0.1) is 0 Å². The minimum atomic E-state index is 0.832. The molecule has 0 amide bonds. The van der Waals surface area contributed by atoms with Crippen LogP contribution in [0.15, 0.2) is 0 Å². The molecule has 6 rings (SSSR count). The van der Waals surface area contributed by atoms with Crippen LogP contribution >= 0.6 is 0 Å². The van der Waals surface area contributed by atoms with Crippen molar-refractivity contribution >= 4 is 0 Å². The van der Waals surface area contributed by atoms with E-state index in [-0.39, 0.29) is 0 Å². The zero-order valence-electron chi connectivity index (χ0n) is 10.9. The molecule has 4 aliphatic heterocycles. The molecule has 92 valence electrons. The summed E-state index contributed by atoms with van der Waals surface area (Å²) < 4.78 is 0. The Bertz CT molecular complexity index is 226. The molecule has 2 saturated carbocycles. The maximum absolute atomic E-state index is 4.00. The van der Waals surface area contributed by atoms with Gasteiger partial charge in [0.25, 0.3) is 0 Å². The van der Waals surface area contributed by atoms with Gasteiger partial charge in [0.1, 0.15) is 0 Å². The second kappa shape index (κ2) is 4.33. The first kappa shape index (κ1) is 11.1. The Morgan fingerprint density at radius 2 is 1.19 bits per heavy atom. The largest absolute Gasteiger partial charge is 0.311 e. The highest BCUT2D eigenvalue weighted by Gasteiger charge is 2.36. The van der Waals surface area contributed by atoms with E-state index >= 15 is 0 Å². The van der Waals surface area contributed by atoms with Crippen molar-refractivity contribution in [2.75, 3.05) is 0 Å². The third kappa shape index (κ3) is 2.03. The van der Waals surface area contributed by atoms with Gasteiger partial charge in [0, 0.05) is 12.1 Å². The lowest BCUT2D eigenvalue weighted by Crippen LogP contribution is -2.50. The molecule has 0 radical (unpaired) electrons. The van der Waals surface area contributed by atoms with Crippen LogP contribution in [0.3, 0.4) is 0 Å². The van der Waals surface area contributed by atoms with Crippen LogP contribution in [0.5, 0.6) is 0 Å². The molecule has 1 nitrogen and oxygen atoms in total. The van der Waals surface area contributed by atoms with Gasteiger partial charge in [-0.3, -0.25) is 0 Å². The number of nitrogens with one attached hydrogen (secondary N) is 1. The molecule has 6 aliphatic rings. The fraction of sp³-hybridized carbons (Fsp3) is 1.00. The van der Waals surface area contributed by atoms with Gasteiger partial charge >= 0.3 is 0 Å². The summed E-state index contributed by atoms with van der Waals surface area (Å²) in [5.41, 5.74) is 0. The molecule has 4 heterocycles. The number of hydrogen-bond donors (Lipinski definition) is 1. The topological polar surface area (TPSA) is 12.0 Å². The highest BCUT2D eigenvalue weighted by atomic mass is 15.0. The minimum absolute atomic E-state index is 0.832. The van der Waals surface area contributed by atoms with E-state index in [0.29, 0.717) is 0 Å². The monoisotopic (exact) mass is 221 g/mol. The van der Waals surface area contributed by atoms with Crippen LogP contribution < -0.4 is 5.32 Å². The summed E-state index contributed by atoms with van der Waals surface area (Å²) in [6.45, 7) is 4.95. The molecule has 0 aromatic rings. The predicted octanol–water partition coefficient (Wildman–Crippen LogP) is 3.59. The van der Waals surface area contributed by atoms with Crippen LogP contribution in [-0.4, -0.2) is 12.1 Å². The van der Waals surface area contributed by atoms with Gasteiger partial charge in [-0.05, 0) is 68.6 Å². The maximum atomic E-state index is 4.00. The van der Waals surface area contributed by atoms with E-state index in [4.69, 9.17) is 0 Å². The molecule has 0 aromatic heterocycles. The molecule has 4 bridgehead atoms. The molecule has 16 heavy (non-hydrogen) atoms. The van der Waals surface area contributed by atoms with Gasteiger partial charge in [-0.2, -0.15) is 0 Å². The van der Waals surface area contributed by atoms with E-state index in [1.54, 1.807) is 6.42 Å². The van der Waals surface area contributed by atoms with Crippen molar-refractivity contribution in [3.05, 3.63) is 0 Å². The Morgan fingerprint density at radius 1 is 0.688 bits per heavy atom. The molecule has 4 saturated heterocycles. The molecular formula is C15H27N. The quantitative estimate of drug-likeness (QED) is 0.659. The molecule has 0 aromatic carbocycles. The van der Waals surface area contributed by atoms with Gasteiger partial charge in [0.2, 0.25) is 0 Å². The summed E-state index contributed by atoms with van der Waals surface area (Å²) in [4.78, 5) is 0. The number of rotatable bonds is 0. The zero-order valence-corrected chi connectivity index (χ0v) is 10.9. The van der Waals surface area contributed by atoms with Crippen LogP contribution in [0.25, 0.3) is 0 Å². The summed E-state index contributed by atoms with van der Waals surface area (Å²) >= 11 is 0. The van der Waals surface area contributed by atoms with E-state index in [0.717, 1.165) is 35.8 Å². The van der Waals surface area contributed by atoms with Crippen LogP contribution in [0.2, 0.25) is 0 Å². The average molecular weight is 221 g/mol. The van der Waals surface area contributed by atoms with Crippen LogP contribution in [0, 0.1) is 23.7 Å². The summed E-state index contributed by atoms with van der Waals surface area (Å²) in [6.07, 6.45) is 10.4. The Balaban J connectivity index is 1.80. The standard InChI is InChI=1S/C15H27N/c1-10-7-12-3-5-14(10)16-15-6-4-13(9-12)8-11(15)2/h10-16H,3-9H2,1-2H3. The van der Waals surface area contributed by atoms with Crippen molar-refractivity contribution in [1.82, 2.24) is 5.32 Å². The van der Waals surface area contributed by atoms with Crippen molar-refractivity contribution in [2.24, 2.45) is 23.7 Å². The van der Waals surface area contributed by atoms with Crippen molar-refractivity contribution in [3.8, 4) is 0 Å². The van der Waals surface area contributed by atoms with Crippen LogP contribution in [-0.2, 0) is 0 Å². The Labute approximate surface area is 100 Å². The van der Waals surface area contributed by atoms with E-state index in [1.807, 2.05) is 0 Å². The Morgan fingerprint density at radius 3 is 1.62 bits per heavy atom. The first-order chi connectivity index (χ1) is 7.72. The van der Waals surface area contributed by atoms with E-state index in [2.05, 4.69) is 19.2 Å². The lowest BCUT2D eigenvalue weighted by atomic mass is 9.68. The molecular weight excluding hydrogens is 194 g/mol. The second-order valence-corrected chi connectivity index (χ2v) is 6.93. The lowest BCUT2D eigenvalue weighted by molar-refractivity contribution is 0.0993. The molecule has 0 spiro atoms. The molecule has 2 aliphatic carbocycles. The molecule has 6 atom stereocenters. The van der Waals surface area contributed by atoms with Crippen molar-refractivity contribution in [1.29, 1.82) is 0 Å².